The normalized spacial score (nSPS) is 14.9. The molecule has 11 heteroatoms. The first-order valence-corrected chi connectivity index (χ1v) is 7.11. The number of ether oxygens (including phenoxy) is 2. The van der Waals surface area contributed by atoms with Gasteiger partial charge in [0.15, 0.2) is 0 Å². The lowest BCUT2D eigenvalue weighted by atomic mass is 10.2. The molecule has 0 aromatic heterocycles. The first-order valence-electron chi connectivity index (χ1n) is 5.98. The summed E-state index contributed by atoms with van der Waals surface area (Å²) in [6.07, 6.45) is 0. The van der Waals surface area contributed by atoms with Gasteiger partial charge in [-0.15, -0.1) is 0 Å². The van der Waals surface area contributed by atoms with Crippen LogP contribution in [0.4, 0.5) is 10.5 Å². The monoisotopic (exact) mass is 381 g/mol. The molecule has 0 saturated carbocycles. The van der Waals surface area contributed by atoms with E-state index < -0.39 is 23.6 Å². The number of benzene rings is 1. The van der Waals surface area contributed by atoms with Crippen LogP contribution in [0.25, 0.3) is 0 Å². The number of nitrogens with zero attached hydrogens (tertiary/aromatic N) is 1. The number of hydrogen-bond acceptors (Lipinski definition) is 6. The van der Waals surface area contributed by atoms with Crippen molar-refractivity contribution in [1.29, 1.82) is 0 Å². The molecule has 1 aliphatic rings. The van der Waals surface area contributed by atoms with Crippen LogP contribution in [0.5, 0.6) is 0 Å². The fourth-order valence-electron chi connectivity index (χ4n) is 1.78. The van der Waals surface area contributed by atoms with E-state index in [1.807, 2.05) is 0 Å². The van der Waals surface area contributed by atoms with Crippen molar-refractivity contribution in [3.63, 3.8) is 0 Å². The minimum atomic E-state index is -2.03. The number of urea groups is 1. The molecule has 1 aliphatic heterocycles. The zero-order valence-electron chi connectivity index (χ0n) is 11.8. The van der Waals surface area contributed by atoms with E-state index in [4.69, 9.17) is 34.8 Å². The van der Waals surface area contributed by atoms with Crippen LogP contribution >= 0.6 is 34.8 Å². The molecule has 1 heterocycles. The molecular weight excluding hydrogens is 373 g/mol. The van der Waals surface area contributed by atoms with Crippen LogP contribution in [0.2, 0.25) is 15.1 Å². The van der Waals surface area contributed by atoms with E-state index in [1.165, 1.54) is 12.1 Å². The molecule has 0 bridgehead atoms. The highest BCUT2D eigenvalue weighted by Crippen LogP contribution is 2.34. The van der Waals surface area contributed by atoms with Crippen LogP contribution < -0.4 is 10.7 Å². The van der Waals surface area contributed by atoms with Crippen LogP contribution in [0.3, 0.4) is 0 Å². The van der Waals surface area contributed by atoms with E-state index in [1.54, 1.807) is 0 Å². The highest BCUT2D eigenvalue weighted by Gasteiger charge is 2.70. The lowest BCUT2D eigenvalue weighted by Crippen LogP contribution is -2.43. The third-order valence-corrected chi connectivity index (χ3v) is 4.01. The molecule has 0 spiro atoms. The molecule has 8 nitrogen and oxygen atoms in total. The predicted molar refractivity (Wildman–Crippen MR) is 82.2 cm³/mol. The summed E-state index contributed by atoms with van der Waals surface area (Å²) >= 11 is 17.6. The highest BCUT2D eigenvalue weighted by molar-refractivity contribution is 6.44. The molecule has 124 valence electrons. The van der Waals surface area contributed by atoms with Gasteiger partial charge in [0, 0.05) is 0 Å². The Morgan fingerprint density at radius 2 is 1.57 bits per heavy atom. The van der Waals surface area contributed by atoms with Crippen molar-refractivity contribution < 1.29 is 23.9 Å². The number of carbonyl (C=O) groups is 3. The van der Waals surface area contributed by atoms with Crippen molar-refractivity contribution in [3.05, 3.63) is 27.2 Å². The van der Waals surface area contributed by atoms with Gasteiger partial charge in [0.2, 0.25) is 0 Å². The number of hydrazine groups is 1. The van der Waals surface area contributed by atoms with Crippen molar-refractivity contribution in [1.82, 2.24) is 10.4 Å². The van der Waals surface area contributed by atoms with E-state index in [-0.39, 0.29) is 20.8 Å². The second-order valence-electron chi connectivity index (χ2n) is 4.32. The van der Waals surface area contributed by atoms with Crippen LogP contribution in [0, 0.1) is 0 Å². The maximum atomic E-state index is 12.2. The molecule has 23 heavy (non-hydrogen) atoms. The van der Waals surface area contributed by atoms with Crippen LogP contribution in [-0.4, -0.2) is 42.9 Å². The van der Waals surface area contributed by atoms with Gasteiger partial charge < -0.3 is 14.8 Å². The Labute approximate surface area is 145 Å². The van der Waals surface area contributed by atoms with Crippen molar-refractivity contribution in [2.24, 2.45) is 0 Å². The number of carbonyl (C=O) groups excluding carboxylic acids is 3. The third-order valence-electron chi connectivity index (χ3n) is 2.98. The molecule has 1 aromatic rings. The van der Waals surface area contributed by atoms with E-state index in [2.05, 4.69) is 20.2 Å². The number of methoxy groups -OCH3 is 2. The quantitative estimate of drug-likeness (QED) is 0.358. The second-order valence-corrected chi connectivity index (χ2v) is 5.54. The molecule has 1 saturated heterocycles. The minimum Gasteiger partial charge on any atom is -0.466 e. The number of amides is 2. The maximum absolute atomic E-state index is 12.2. The fourth-order valence-corrected chi connectivity index (χ4v) is 2.38. The lowest BCUT2D eigenvalue weighted by molar-refractivity contribution is -0.157. The lowest BCUT2D eigenvalue weighted by Gasteiger charge is -2.12. The van der Waals surface area contributed by atoms with Gasteiger partial charge in [0.25, 0.3) is 0 Å². The summed E-state index contributed by atoms with van der Waals surface area (Å²) in [5.41, 5.74) is 0.430. The zero-order valence-corrected chi connectivity index (χ0v) is 14.0. The number of hydrogen-bond donors (Lipinski definition) is 2. The highest BCUT2D eigenvalue weighted by atomic mass is 35.5. The maximum Gasteiger partial charge on any atom is 0.362 e. The molecule has 2 amide bonds. The summed E-state index contributed by atoms with van der Waals surface area (Å²) in [7, 11) is 2.14. The number of nitrogens with one attached hydrogen (secondary N) is 2. The smallest absolute Gasteiger partial charge is 0.362 e. The van der Waals surface area contributed by atoms with E-state index in [0.717, 1.165) is 14.2 Å². The van der Waals surface area contributed by atoms with Gasteiger partial charge in [0.05, 0.1) is 35.0 Å². The van der Waals surface area contributed by atoms with E-state index in [9.17, 15) is 14.4 Å². The van der Waals surface area contributed by atoms with Gasteiger partial charge in [-0.05, 0) is 12.1 Å². The average molecular weight is 383 g/mol. The van der Waals surface area contributed by atoms with E-state index in [0.29, 0.717) is 5.01 Å². The molecule has 0 unspecified atom stereocenters. The Hall–Kier alpha value is -1.74. The number of esters is 2. The van der Waals surface area contributed by atoms with Gasteiger partial charge in [-0.1, -0.05) is 34.8 Å². The standard InChI is InChI=1S/C12H10Cl3N3O5/c1-22-9(19)12(10(20)23-2)17-18(12)11(21)16-8-4-6(14)5(13)3-7(8)15/h3-4,17H,1-2H3,(H,16,21). The molecule has 2 N–H and O–H groups in total. The van der Waals surface area contributed by atoms with Gasteiger partial charge in [-0.25, -0.2) is 19.4 Å². The molecular formula is C12H10Cl3N3O5. The SMILES string of the molecule is COC(=O)C1(C(=O)OC)NN1C(=O)Nc1cc(Cl)c(Cl)cc1Cl. The second kappa shape index (κ2) is 6.40. The van der Waals surface area contributed by atoms with Crippen LogP contribution in [-0.2, 0) is 19.1 Å². The Morgan fingerprint density at radius 1 is 1.04 bits per heavy atom. The Bertz CT molecular complexity index is 681. The number of halogens is 3. The van der Waals surface area contributed by atoms with Crippen molar-refractivity contribution in [2.75, 3.05) is 19.5 Å². The summed E-state index contributed by atoms with van der Waals surface area (Å²) in [4.78, 5) is 35.7. The summed E-state index contributed by atoms with van der Waals surface area (Å²) < 4.78 is 9.00. The first kappa shape index (κ1) is 17.6. The predicted octanol–water partition coefficient (Wildman–Crippen LogP) is 2.04. The summed E-state index contributed by atoms with van der Waals surface area (Å²) in [6.45, 7) is 0. The van der Waals surface area contributed by atoms with Gasteiger partial charge >= 0.3 is 23.6 Å². The summed E-state index contributed by atoms with van der Waals surface area (Å²) in [5, 5.41) is 3.59. The van der Waals surface area contributed by atoms with Gasteiger partial charge in [0.1, 0.15) is 0 Å². The third kappa shape index (κ3) is 3.02. The van der Waals surface area contributed by atoms with Crippen LogP contribution in [0.1, 0.15) is 0 Å². The number of rotatable bonds is 3. The van der Waals surface area contributed by atoms with Crippen molar-refractivity contribution in [3.8, 4) is 0 Å². The fraction of sp³-hybridized carbons (Fsp3) is 0.250. The minimum absolute atomic E-state index is 0.122. The Morgan fingerprint density at radius 3 is 2.09 bits per heavy atom. The van der Waals surface area contributed by atoms with Gasteiger partial charge in [-0.2, -0.15) is 5.43 Å². The van der Waals surface area contributed by atoms with Gasteiger partial charge in [-0.3, -0.25) is 0 Å². The largest absolute Gasteiger partial charge is 0.466 e. The summed E-state index contributed by atoms with van der Waals surface area (Å²) in [6, 6.07) is 1.82. The van der Waals surface area contributed by atoms with Crippen molar-refractivity contribution >= 4 is 58.5 Å². The van der Waals surface area contributed by atoms with E-state index >= 15 is 0 Å². The molecule has 0 atom stereocenters. The molecule has 1 fully saturated rings. The molecule has 2 rings (SSSR count). The zero-order chi connectivity index (χ0) is 17.4. The molecule has 0 aliphatic carbocycles. The topological polar surface area (TPSA) is 107 Å². The van der Waals surface area contributed by atoms with Crippen LogP contribution in [0.15, 0.2) is 12.1 Å². The number of anilines is 1. The average Bonchev–Trinajstić information content (AvgIpc) is 3.28. The molecule has 1 aromatic carbocycles. The Balaban J connectivity index is 2.21. The molecule has 0 radical (unpaired) electrons. The van der Waals surface area contributed by atoms with Crippen molar-refractivity contribution in [2.45, 2.75) is 5.66 Å². The Kier molecular flexibility index (Phi) is 4.90. The first-order chi connectivity index (χ1) is 10.8. The summed E-state index contributed by atoms with van der Waals surface area (Å²) in [5.74, 6) is -2.00.